The van der Waals surface area contributed by atoms with Crippen molar-refractivity contribution in [1.82, 2.24) is 0 Å². The van der Waals surface area contributed by atoms with Gasteiger partial charge in [0.05, 0.1) is 13.2 Å². The standard InChI is InChI=1S/C17H26O8/c18-14(6-2-3-7-16(20)21)15(19)10-13-11-22-24-17(25-23-12-13)8-4-1-5-9-17/h13H,1-12H2,(H,20,21). The summed E-state index contributed by atoms with van der Waals surface area (Å²) in [6, 6.07) is 0. The molecule has 2 aliphatic rings. The number of unbranched alkanes of at least 4 members (excludes halogenated alkanes) is 1. The molecule has 1 N–H and O–H groups in total. The van der Waals surface area contributed by atoms with Crippen molar-refractivity contribution in [3.05, 3.63) is 0 Å². The number of rotatable bonds is 8. The third-order valence-electron chi connectivity index (χ3n) is 4.47. The molecule has 0 aromatic heterocycles. The first-order valence-corrected chi connectivity index (χ1v) is 8.90. The first kappa shape index (κ1) is 20.0. The molecule has 8 heteroatoms. The van der Waals surface area contributed by atoms with E-state index >= 15 is 0 Å². The van der Waals surface area contributed by atoms with Crippen molar-refractivity contribution in [2.75, 3.05) is 13.2 Å². The van der Waals surface area contributed by atoms with Gasteiger partial charge in [0.1, 0.15) is 0 Å². The number of carboxylic acid groups (broad SMARTS) is 1. The van der Waals surface area contributed by atoms with Crippen LogP contribution in [0.4, 0.5) is 0 Å². The van der Waals surface area contributed by atoms with E-state index in [1.165, 1.54) is 0 Å². The van der Waals surface area contributed by atoms with Crippen LogP contribution in [0.1, 0.15) is 64.2 Å². The summed E-state index contributed by atoms with van der Waals surface area (Å²) in [5.74, 6) is -3.07. The molecule has 0 radical (unpaired) electrons. The molecule has 1 spiro atoms. The van der Waals surface area contributed by atoms with Gasteiger partial charge >= 0.3 is 5.97 Å². The summed E-state index contributed by atoms with van der Waals surface area (Å²) in [5, 5.41) is 8.54. The summed E-state index contributed by atoms with van der Waals surface area (Å²) in [4.78, 5) is 55.5. The van der Waals surface area contributed by atoms with E-state index < -0.39 is 23.3 Å². The SMILES string of the molecule is O=C(O)CCCCC(=O)C(=O)CC1COOC2(CCCCC2)OOC1. The average molecular weight is 358 g/mol. The number of carbonyl (C=O) groups is 3. The smallest absolute Gasteiger partial charge is 0.303 e. The van der Waals surface area contributed by atoms with E-state index in [0.717, 1.165) is 19.3 Å². The Hall–Kier alpha value is -1.35. The largest absolute Gasteiger partial charge is 0.481 e. The summed E-state index contributed by atoms with van der Waals surface area (Å²) in [7, 11) is 0. The van der Waals surface area contributed by atoms with E-state index in [9.17, 15) is 14.4 Å². The molecule has 2 fully saturated rings. The Morgan fingerprint density at radius 1 is 0.880 bits per heavy atom. The van der Waals surface area contributed by atoms with Gasteiger partial charge in [-0.15, -0.1) is 0 Å². The fraction of sp³-hybridized carbons (Fsp3) is 0.824. The Kier molecular flexibility index (Phi) is 7.95. The van der Waals surface area contributed by atoms with Gasteiger partial charge in [-0.25, -0.2) is 9.78 Å². The topological polar surface area (TPSA) is 108 Å². The number of hydrogen-bond donors (Lipinski definition) is 1. The minimum Gasteiger partial charge on any atom is -0.481 e. The zero-order chi connectivity index (χ0) is 18.1. The van der Waals surface area contributed by atoms with E-state index in [-0.39, 0.29) is 38.4 Å². The van der Waals surface area contributed by atoms with Crippen LogP contribution in [0.25, 0.3) is 0 Å². The zero-order valence-electron chi connectivity index (χ0n) is 14.4. The third-order valence-corrected chi connectivity index (χ3v) is 4.47. The molecule has 0 amide bonds. The van der Waals surface area contributed by atoms with Crippen LogP contribution in [0.15, 0.2) is 0 Å². The van der Waals surface area contributed by atoms with Gasteiger partial charge in [0.25, 0.3) is 0 Å². The number of Topliss-reactive ketones (excluding diaryl/α,β-unsaturated/α-hetero) is 2. The lowest BCUT2D eigenvalue weighted by atomic mass is 9.94. The van der Waals surface area contributed by atoms with Crippen LogP contribution in [0.3, 0.4) is 0 Å². The number of hydrogen-bond acceptors (Lipinski definition) is 7. The molecule has 0 bridgehead atoms. The van der Waals surface area contributed by atoms with E-state index in [1.54, 1.807) is 0 Å². The van der Waals surface area contributed by atoms with Crippen LogP contribution in [-0.4, -0.2) is 41.6 Å². The molecule has 0 atom stereocenters. The van der Waals surface area contributed by atoms with Gasteiger partial charge in [0, 0.05) is 38.0 Å². The van der Waals surface area contributed by atoms with E-state index in [1.807, 2.05) is 0 Å². The Morgan fingerprint density at radius 3 is 2.08 bits per heavy atom. The number of aliphatic carboxylic acids is 1. The van der Waals surface area contributed by atoms with Gasteiger partial charge in [0.2, 0.25) is 5.79 Å². The van der Waals surface area contributed by atoms with Crippen molar-refractivity contribution < 1.29 is 39.0 Å². The maximum absolute atomic E-state index is 12.0. The molecule has 1 saturated carbocycles. The second-order valence-corrected chi connectivity index (χ2v) is 6.72. The number of carboxylic acids is 1. The maximum Gasteiger partial charge on any atom is 0.303 e. The van der Waals surface area contributed by atoms with Crippen LogP contribution in [-0.2, 0) is 33.9 Å². The van der Waals surface area contributed by atoms with E-state index in [2.05, 4.69) is 0 Å². The minimum atomic E-state index is -0.904. The molecule has 1 heterocycles. The zero-order valence-corrected chi connectivity index (χ0v) is 14.4. The molecule has 0 aromatic rings. The monoisotopic (exact) mass is 358 g/mol. The summed E-state index contributed by atoms with van der Waals surface area (Å²) in [5.41, 5.74) is 0. The molecule has 2 rings (SSSR count). The Balaban J connectivity index is 1.69. The highest BCUT2D eigenvalue weighted by atomic mass is 17.3. The highest BCUT2D eigenvalue weighted by molar-refractivity contribution is 6.37. The van der Waals surface area contributed by atoms with Gasteiger partial charge in [-0.05, 0) is 25.7 Å². The summed E-state index contributed by atoms with van der Waals surface area (Å²) >= 11 is 0. The van der Waals surface area contributed by atoms with Crippen LogP contribution in [0.5, 0.6) is 0 Å². The van der Waals surface area contributed by atoms with Gasteiger partial charge in [-0.2, -0.15) is 9.78 Å². The summed E-state index contributed by atoms with van der Waals surface area (Å²) < 4.78 is 0. The third kappa shape index (κ3) is 6.81. The molecule has 0 unspecified atom stereocenters. The molecule has 1 aliphatic heterocycles. The van der Waals surface area contributed by atoms with Crippen molar-refractivity contribution in [3.8, 4) is 0 Å². The van der Waals surface area contributed by atoms with Crippen LogP contribution < -0.4 is 0 Å². The Labute approximate surface area is 146 Å². The average Bonchev–Trinajstić information content (AvgIpc) is 2.57. The van der Waals surface area contributed by atoms with E-state index in [4.69, 9.17) is 24.7 Å². The van der Waals surface area contributed by atoms with Crippen molar-refractivity contribution in [2.24, 2.45) is 5.92 Å². The second kappa shape index (κ2) is 9.96. The van der Waals surface area contributed by atoms with Gasteiger partial charge in [-0.3, -0.25) is 14.4 Å². The van der Waals surface area contributed by atoms with Crippen LogP contribution in [0.2, 0.25) is 0 Å². The van der Waals surface area contributed by atoms with E-state index in [0.29, 0.717) is 25.7 Å². The molecular weight excluding hydrogens is 332 g/mol. The quantitative estimate of drug-likeness (QED) is 0.400. The first-order valence-electron chi connectivity index (χ1n) is 8.90. The lowest BCUT2D eigenvalue weighted by Gasteiger charge is -2.36. The van der Waals surface area contributed by atoms with Crippen LogP contribution in [0, 0.1) is 5.92 Å². The molecule has 1 aliphatic carbocycles. The van der Waals surface area contributed by atoms with Gasteiger partial charge in [-0.1, -0.05) is 6.42 Å². The molecule has 142 valence electrons. The fourth-order valence-corrected chi connectivity index (χ4v) is 2.99. The van der Waals surface area contributed by atoms with Crippen molar-refractivity contribution in [2.45, 2.75) is 70.0 Å². The summed E-state index contributed by atoms with van der Waals surface area (Å²) in [6.45, 7) is 0.312. The normalized spacial score (nSPS) is 21.4. The fourth-order valence-electron chi connectivity index (χ4n) is 2.99. The molecular formula is C17H26O8. The highest BCUT2D eigenvalue weighted by Gasteiger charge is 2.39. The maximum atomic E-state index is 12.0. The lowest BCUT2D eigenvalue weighted by molar-refractivity contribution is -0.532. The van der Waals surface area contributed by atoms with Gasteiger partial charge in [0.15, 0.2) is 11.6 Å². The highest BCUT2D eigenvalue weighted by Crippen LogP contribution is 2.34. The molecule has 1 saturated heterocycles. The number of ketones is 2. The predicted molar refractivity (Wildman–Crippen MR) is 84.1 cm³/mol. The number of carbonyl (C=O) groups excluding carboxylic acids is 2. The van der Waals surface area contributed by atoms with Crippen LogP contribution >= 0.6 is 0 Å². The Bertz CT molecular complexity index is 457. The van der Waals surface area contributed by atoms with Crippen molar-refractivity contribution in [1.29, 1.82) is 0 Å². The first-order chi connectivity index (χ1) is 12.0. The lowest BCUT2D eigenvalue weighted by Crippen LogP contribution is -2.41. The minimum absolute atomic E-state index is 0.00219. The predicted octanol–water partition coefficient (Wildman–Crippen LogP) is 2.35. The Morgan fingerprint density at radius 2 is 1.48 bits per heavy atom. The molecule has 25 heavy (non-hydrogen) atoms. The van der Waals surface area contributed by atoms with Crippen molar-refractivity contribution >= 4 is 17.5 Å². The van der Waals surface area contributed by atoms with Crippen molar-refractivity contribution in [3.63, 3.8) is 0 Å². The second-order valence-electron chi connectivity index (χ2n) is 6.72. The summed E-state index contributed by atoms with van der Waals surface area (Å²) in [6.07, 6.45) is 5.32. The van der Waals surface area contributed by atoms with Gasteiger partial charge < -0.3 is 5.11 Å². The molecule has 0 aromatic carbocycles. The molecule has 8 nitrogen and oxygen atoms in total.